The lowest BCUT2D eigenvalue weighted by Gasteiger charge is -2.34. The molecule has 1 aliphatic rings. The van der Waals surface area contributed by atoms with Gasteiger partial charge in [-0.05, 0) is 43.5 Å². The minimum atomic E-state index is -3.71. The minimum absolute atomic E-state index is 0.111. The van der Waals surface area contributed by atoms with Crippen molar-refractivity contribution < 1.29 is 14.2 Å². The number of pyridine rings is 2. The molecule has 0 saturated carbocycles. The van der Waals surface area contributed by atoms with Gasteiger partial charge in [0.1, 0.15) is 33.2 Å². The number of aromatic hydroxyl groups is 1. The molecule has 0 bridgehead atoms. The summed E-state index contributed by atoms with van der Waals surface area (Å²) < 4.78 is 27.5. The molecule has 4 aromatic rings. The second-order valence-electron chi connectivity index (χ2n) is 8.48. The normalized spacial score (nSPS) is 16.0. The lowest BCUT2D eigenvalue weighted by atomic mass is 10.1. The third-order valence-electron chi connectivity index (χ3n) is 5.63. The molecule has 0 saturated heterocycles. The van der Waals surface area contributed by atoms with Crippen molar-refractivity contribution in [1.82, 2.24) is 19.5 Å². The van der Waals surface area contributed by atoms with Crippen molar-refractivity contribution in [3.63, 3.8) is 0 Å². The first kappa shape index (κ1) is 21.4. The number of imidazole rings is 1. The smallest absolute Gasteiger partial charge is 0.267 e. The van der Waals surface area contributed by atoms with Crippen molar-refractivity contribution in [2.45, 2.75) is 38.6 Å². The molecule has 0 atom stereocenters. The Balaban J connectivity index is 1.73. The monoisotopic (exact) mass is 468 g/mol. The zero-order valence-electron chi connectivity index (χ0n) is 18.3. The minimum Gasteiger partial charge on any atom is -0.506 e. The fourth-order valence-electron chi connectivity index (χ4n) is 4.05. The second kappa shape index (κ2) is 7.58. The van der Waals surface area contributed by atoms with Crippen molar-refractivity contribution in [3.05, 3.63) is 52.2 Å². The summed E-state index contributed by atoms with van der Waals surface area (Å²) in [5, 5.41) is 14.4. The predicted octanol–water partition coefficient (Wildman–Crippen LogP) is 4.23. The molecule has 1 aromatic carbocycles. The maximum absolute atomic E-state index is 13.5. The molecule has 10 nitrogen and oxygen atoms in total. The summed E-state index contributed by atoms with van der Waals surface area (Å²) in [6.45, 7) is 6.27. The molecule has 33 heavy (non-hydrogen) atoms. The number of nitrogens with zero attached hydrogens (tertiary/aromatic N) is 4. The molecule has 0 spiro atoms. The molecule has 5 rings (SSSR count). The maximum Gasteiger partial charge on any atom is 0.267 e. The van der Waals surface area contributed by atoms with E-state index in [-0.39, 0.29) is 22.0 Å². The molecule has 0 fully saturated rings. The summed E-state index contributed by atoms with van der Waals surface area (Å²) in [4.78, 5) is 25.4. The molecule has 11 heteroatoms. The van der Waals surface area contributed by atoms with Crippen LogP contribution in [0.1, 0.15) is 31.7 Å². The van der Waals surface area contributed by atoms with Gasteiger partial charge in [-0.25, -0.2) is 9.97 Å². The number of rotatable bonds is 4. The zero-order chi connectivity index (χ0) is 23.5. The van der Waals surface area contributed by atoms with Crippen LogP contribution in [0.4, 0.5) is 5.69 Å². The maximum atomic E-state index is 13.5. The van der Waals surface area contributed by atoms with Gasteiger partial charge in [0, 0.05) is 12.7 Å². The van der Waals surface area contributed by atoms with Crippen LogP contribution in [0.3, 0.4) is 0 Å². The van der Waals surface area contributed by atoms with Crippen LogP contribution in [0, 0.1) is 12.8 Å². The highest BCUT2D eigenvalue weighted by atomic mass is 32.3. The third kappa shape index (κ3) is 3.45. The Labute approximate surface area is 190 Å². The highest BCUT2D eigenvalue weighted by Crippen LogP contribution is 2.57. The van der Waals surface area contributed by atoms with Gasteiger partial charge < -0.3 is 15.4 Å². The summed E-state index contributed by atoms with van der Waals surface area (Å²) >= 11 is 0. The van der Waals surface area contributed by atoms with Gasteiger partial charge in [0.05, 0.1) is 16.6 Å². The number of anilines is 1. The average Bonchev–Trinajstić information content (AvgIpc) is 3.12. The van der Waals surface area contributed by atoms with Gasteiger partial charge in [0.25, 0.3) is 5.56 Å². The number of hydrogen-bond donors (Lipinski definition) is 5. The van der Waals surface area contributed by atoms with Crippen LogP contribution in [0.2, 0.25) is 0 Å². The fourth-order valence-corrected chi connectivity index (χ4v) is 5.36. The first-order valence-corrected chi connectivity index (χ1v) is 12.0. The molecule has 0 aliphatic carbocycles. The molecular weight excluding hydrogens is 444 g/mol. The number of nitrogens with one attached hydrogen (secondary N) is 2. The van der Waals surface area contributed by atoms with Gasteiger partial charge in [-0.2, -0.15) is 0 Å². The Hall–Kier alpha value is -3.41. The standard InChI is InChI=1S/C22H24N6O4S/c1-11(2)8-10-28-21-13(5-4-9-23-21)18(29)16(22(28)30)20-26-15-7-6-14-17(25-12(3)24-14)19(15)33(31,32)27-20/h4-7,9,11,29,31-32H,8,10H2,1-3H3,(H,24,25)(H,26,27). The summed E-state index contributed by atoms with van der Waals surface area (Å²) in [7, 11) is -3.71. The largest absolute Gasteiger partial charge is 0.506 e. The van der Waals surface area contributed by atoms with Gasteiger partial charge in [-0.3, -0.25) is 18.5 Å². The third-order valence-corrected chi connectivity index (χ3v) is 7.03. The van der Waals surface area contributed by atoms with E-state index < -0.39 is 16.3 Å². The Morgan fingerprint density at radius 2 is 2.00 bits per heavy atom. The van der Waals surface area contributed by atoms with E-state index in [2.05, 4.69) is 38.5 Å². The Morgan fingerprint density at radius 3 is 2.76 bits per heavy atom. The fraction of sp³-hybridized carbons (Fsp3) is 0.273. The Bertz CT molecular complexity index is 1500. The highest BCUT2D eigenvalue weighted by molar-refractivity contribution is 8.23. The van der Waals surface area contributed by atoms with Gasteiger partial charge in [-0.15, -0.1) is 4.40 Å². The number of benzene rings is 1. The van der Waals surface area contributed by atoms with Gasteiger partial charge in [0.15, 0.2) is 5.84 Å². The van der Waals surface area contributed by atoms with Crippen molar-refractivity contribution in [1.29, 1.82) is 0 Å². The number of aromatic nitrogens is 4. The van der Waals surface area contributed by atoms with E-state index in [1.165, 1.54) is 4.57 Å². The molecule has 5 N–H and O–H groups in total. The van der Waals surface area contributed by atoms with E-state index in [9.17, 15) is 19.0 Å². The van der Waals surface area contributed by atoms with Crippen LogP contribution in [0.15, 0.2) is 44.6 Å². The van der Waals surface area contributed by atoms with E-state index in [1.807, 2.05) is 0 Å². The molecule has 0 amide bonds. The first-order valence-electron chi connectivity index (χ1n) is 10.5. The molecule has 1 aliphatic heterocycles. The van der Waals surface area contributed by atoms with E-state index in [1.54, 1.807) is 37.4 Å². The number of fused-ring (bicyclic) bond motifs is 4. The van der Waals surface area contributed by atoms with Crippen molar-refractivity contribution in [3.8, 4) is 5.75 Å². The molecule has 0 radical (unpaired) electrons. The zero-order valence-corrected chi connectivity index (χ0v) is 19.1. The average molecular weight is 469 g/mol. The molecule has 0 unspecified atom stereocenters. The van der Waals surface area contributed by atoms with E-state index >= 15 is 0 Å². The van der Waals surface area contributed by atoms with Crippen LogP contribution in [-0.2, 0) is 6.54 Å². The summed E-state index contributed by atoms with van der Waals surface area (Å²) in [6.07, 6.45) is 2.29. The topological polar surface area (TPSA) is 149 Å². The molecule has 4 heterocycles. The summed E-state index contributed by atoms with van der Waals surface area (Å²) in [6, 6.07) is 6.75. The lowest BCUT2D eigenvalue weighted by molar-refractivity contribution is 0.473. The van der Waals surface area contributed by atoms with Gasteiger partial charge in [-0.1, -0.05) is 24.6 Å². The first-order chi connectivity index (χ1) is 15.7. The highest BCUT2D eigenvalue weighted by Gasteiger charge is 2.33. The van der Waals surface area contributed by atoms with Crippen molar-refractivity contribution in [2.75, 3.05) is 5.32 Å². The van der Waals surface area contributed by atoms with Crippen LogP contribution in [0.5, 0.6) is 5.75 Å². The van der Waals surface area contributed by atoms with Gasteiger partial charge in [0.2, 0.25) is 0 Å². The number of hydrogen-bond acceptors (Lipinski definition) is 8. The van der Waals surface area contributed by atoms with Crippen LogP contribution in [0.25, 0.3) is 22.1 Å². The van der Waals surface area contributed by atoms with Crippen LogP contribution < -0.4 is 10.9 Å². The van der Waals surface area contributed by atoms with Gasteiger partial charge >= 0.3 is 0 Å². The summed E-state index contributed by atoms with van der Waals surface area (Å²) in [5.74, 6) is 0.541. The number of aryl methyl sites for hydroxylation is 2. The molecule has 3 aromatic heterocycles. The predicted molar refractivity (Wildman–Crippen MR) is 129 cm³/mol. The SMILES string of the molecule is Cc1nc2c3c(ccc2[nH]1)NC(c1c(O)c2cccnc2n(CCC(C)C)c1=O)=NS3(O)O. The van der Waals surface area contributed by atoms with Crippen LogP contribution >= 0.6 is 10.8 Å². The Morgan fingerprint density at radius 1 is 1.21 bits per heavy atom. The van der Waals surface area contributed by atoms with E-state index in [0.29, 0.717) is 46.0 Å². The number of amidine groups is 1. The van der Waals surface area contributed by atoms with E-state index in [0.717, 1.165) is 6.42 Å². The number of aromatic amines is 1. The van der Waals surface area contributed by atoms with Crippen molar-refractivity contribution >= 4 is 44.4 Å². The summed E-state index contributed by atoms with van der Waals surface area (Å²) in [5.41, 5.74) is 1.10. The number of H-pyrrole nitrogens is 1. The quantitative estimate of drug-likeness (QED) is 0.301. The second-order valence-corrected chi connectivity index (χ2v) is 10.1. The van der Waals surface area contributed by atoms with Crippen molar-refractivity contribution in [2.24, 2.45) is 10.3 Å². The lowest BCUT2D eigenvalue weighted by Crippen LogP contribution is -2.32. The molecular formula is C22H24N6O4S. The van der Waals surface area contributed by atoms with E-state index in [4.69, 9.17) is 0 Å². The Kier molecular flexibility index (Phi) is 4.92. The van der Waals surface area contributed by atoms with Crippen LogP contribution in [-0.4, -0.2) is 39.6 Å². The molecule has 172 valence electrons.